The zero-order valence-electron chi connectivity index (χ0n) is 18.7. The molecule has 190 valence electrons. The fourth-order valence-electron chi connectivity index (χ4n) is 2.81. The Balaban J connectivity index is 1.76. The van der Waals surface area contributed by atoms with E-state index in [1.54, 1.807) is 19.1 Å². The van der Waals surface area contributed by atoms with Crippen LogP contribution in [0.1, 0.15) is 12.5 Å². The van der Waals surface area contributed by atoms with Gasteiger partial charge in [0.2, 0.25) is 0 Å². The molecule has 1 fully saturated rings. The number of amides is 3. The molecule has 0 aliphatic carbocycles. The van der Waals surface area contributed by atoms with Crippen molar-refractivity contribution in [1.29, 1.82) is 0 Å². The third-order valence-corrected chi connectivity index (χ3v) is 6.70. The van der Waals surface area contributed by atoms with E-state index in [1.165, 1.54) is 31.4 Å². The van der Waals surface area contributed by atoms with E-state index in [-0.39, 0.29) is 37.4 Å². The summed E-state index contributed by atoms with van der Waals surface area (Å²) < 4.78 is 15.7. The lowest BCUT2D eigenvalue weighted by Crippen LogP contribution is -2.46. The van der Waals surface area contributed by atoms with Crippen LogP contribution < -0.4 is 20.2 Å². The number of esters is 1. The van der Waals surface area contributed by atoms with Gasteiger partial charge >= 0.3 is 12.0 Å². The Morgan fingerprint density at radius 3 is 2.53 bits per heavy atom. The molecule has 1 aliphatic rings. The minimum Gasteiger partial charge on any atom is -0.490 e. The lowest BCUT2D eigenvalue weighted by molar-refractivity contribution is -0.142. The van der Waals surface area contributed by atoms with E-state index in [4.69, 9.17) is 56.5 Å². The number of hydrazine groups is 1. The first-order valence-electron chi connectivity index (χ1n) is 10.1. The molecule has 2 aromatic carbocycles. The van der Waals surface area contributed by atoms with Gasteiger partial charge < -0.3 is 19.5 Å². The number of hydrogen-bond donors (Lipinski definition) is 2. The van der Waals surface area contributed by atoms with E-state index in [1.807, 2.05) is 0 Å². The maximum absolute atomic E-state index is 12.9. The lowest BCUT2D eigenvalue weighted by Gasteiger charge is -2.16. The molecule has 0 spiro atoms. The summed E-state index contributed by atoms with van der Waals surface area (Å²) >= 11 is 24.4. The number of nitrogens with one attached hydrogen (secondary N) is 2. The smallest absolute Gasteiger partial charge is 0.343 e. The minimum absolute atomic E-state index is 0.115. The zero-order chi connectivity index (χ0) is 26.4. The Kier molecular flexibility index (Phi) is 9.69. The van der Waals surface area contributed by atoms with Crippen molar-refractivity contribution >= 4 is 92.8 Å². The van der Waals surface area contributed by atoms with Gasteiger partial charge in [-0.15, -0.1) is 0 Å². The third kappa shape index (κ3) is 6.95. The average Bonchev–Trinajstić information content (AvgIpc) is 3.08. The average molecular weight is 591 g/mol. The molecule has 14 heteroatoms. The summed E-state index contributed by atoms with van der Waals surface area (Å²) in [6.07, 6.45) is 1.54. The molecular formula is C22H18Cl3N3O6S2. The van der Waals surface area contributed by atoms with Crippen LogP contribution >= 0.6 is 58.8 Å². The number of ether oxygens (including phenoxy) is 3. The number of anilines is 1. The molecule has 1 aliphatic heterocycles. The highest BCUT2D eigenvalue weighted by Crippen LogP contribution is 2.39. The highest BCUT2D eigenvalue weighted by Gasteiger charge is 2.34. The number of carbonyl (C=O) groups excluding carboxylic acids is 3. The maximum atomic E-state index is 12.9. The van der Waals surface area contributed by atoms with Crippen molar-refractivity contribution < 1.29 is 28.6 Å². The summed E-state index contributed by atoms with van der Waals surface area (Å²) in [5, 5.41) is 4.24. The van der Waals surface area contributed by atoms with Crippen LogP contribution in [0.25, 0.3) is 6.08 Å². The van der Waals surface area contributed by atoms with Crippen LogP contribution in [0.3, 0.4) is 0 Å². The number of hydrogen-bond acceptors (Lipinski definition) is 8. The molecule has 1 saturated heterocycles. The van der Waals surface area contributed by atoms with E-state index in [0.717, 1.165) is 16.8 Å². The Bertz CT molecular complexity index is 1260. The van der Waals surface area contributed by atoms with Crippen molar-refractivity contribution in [3.8, 4) is 11.5 Å². The summed E-state index contributed by atoms with van der Waals surface area (Å²) in [6, 6.07) is 6.96. The van der Waals surface area contributed by atoms with Gasteiger partial charge in [-0.1, -0.05) is 46.6 Å². The molecule has 2 aromatic rings. The van der Waals surface area contributed by atoms with E-state index in [2.05, 4.69) is 15.5 Å². The Morgan fingerprint density at radius 2 is 1.86 bits per heavy atom. The quantitative estimate of drug-likeness (QED) is 0.235. The van der Waals surface area contributed by atoms with E-state index in [9.17, 15) is 14.4 Å². The second-order valence-electron chi connectivity index (χ2n) is 6.84. The van der Waals surface area contributed by atoms with Crippen molar-refractivity contribution in [2.75, 3.05) is 25.6 Å². The van der Waals surface area contributed by atoms with Gasteiger partial charge in [0.25, 0.3) is 5.91 Å². The first-order valence-corrected chi connectivity index (χ1v) is 12.4. The van der Waals surface area contributed by atoms with Crippen LogP contribution in [0.2, 0.25) is 15.1 Å². The monoisotopic (exact) mass is 589 g/mol. The molecule has 1 heterocycles. The van der Waals surface area contributed by atoms with Gasteiger partial charge in [0, 0.05) is 5.69 Å². The number of methoxy groups -OCH3 is 1. The summed E-state index contributed by atoms with van der Waals surface area (Å²) in [6.45, 7) is 1.71. The summed E-state index contributed by atoms with van der Waals surface area (Å²) in [5.41, 5.74) is 3.28. The zero-order valence-corrected chi connectivity index (χ0v) is 22.6. The van der Waals surface area contributed by atoms with Gasteiger partial charge in [-0.25, -0.2) is 15.0 Å². The maximum Gasteiger partial charge on any atom is 0.343 e. The number of halogens is 3. The third-order valence-electron chi connectivity index (χ3n) is 4.38. The van der Waals surface area contributed by atoms with Crippen LogP contribution in [-0.4, -0.2) is 47.6 Å². The predicted octanol–water partition coefficient (Wildman–Crippen LogP) is 5.54. The van der Waals surface area contributed by atoms with Crippen LogP contribution in [0.15, 0.2) is 35.2 Å². The van der Waals surface area contributed by atoms with Crippen molar-refractivity contribution in [3.05, 3.63) is 55.9 Å². The SMILES string of the molecule is CCOc1cc(/C=C2\SC(=S)N(NC(=O)Nc3ccc(Cl)c(Cl)c3)C2=O)cc(Cl)c1OCC(=O)OC. The van der Waals surface area contributed by atoms with E-state index >= 15 is 0 Å². The molecule has 36 heavy (non-hydrogen) atoms. The Morgan fingerprint density at radius 1 is 1.11 bits per heavy atom. The molecule has 0 unspecified atom stereocenters. The van der Waals surface area contributed by atoms with Gasteiger partial charge in [0.15, 0.2) is 22.4 Å². The second-order valence-corrected chi connectivity index (χ2v) is 9.74. The number of benzene rings is 2. The van der Waals surface area contributed by atoms with Crippen molar-refractivity contribution in [3.63, 3.8) is 0 Å². The Hall–Kier alpha value is -2.70. The molecule has 0 aromatic heterocycles. The standard InChI is InChI=1S/C22H18Cl3N3O6S2/c1-3-33-16-7-11(6-15(25)19(16)34-10-18(29)32-2)8-17-20(30)28(22(35)36-17)27-21(31)26-12-4-5-13(23)14(24)9-12/h4-9H,3,10H2,1-2H3,(H2,26,27,31)/b17-8-. The van der Waals surface area contributed by atoms with Gasteiger partial charge in [-0.2, -0.15) is 5.01 Å². The van der Waals surface area contributed by atoms with E-state index < -0.39 is 17.9 Å². The number of rotatable bonds is 8. The number of urea groups is 1. The number of carbonyl (C=O) groups is 3. The Labute approximate surface area is 230 Å². The van der Waals surface area contributed by atoms with Crippen LogP contribution in [0, 0.1) is 0 Å². The molecule has 2 N–H and O–H groups in total. The molecule has 3 amide bonds. The van der Waals surface area contributed by atoms with Crippen LogP contribution in [0.5, 0.6) is 11.5 Å². The fourth-order valence-corrected chi connectivity index (χ4v) is 4.57. The molecular weight excluding hydrogens is 573 g/mol. The first kappa shape index (κ1) is 27.9. The van der Waals surface area contributed by atoms with Crippen molar-refractivity contribution in [2.45, 2.75) is 6.92 Å². The predicted molar refractivity (Wildman–Crippen MR) is 144 cm³/mol. The highest BCUT2D eigenvalue weighted by molar-refractivity contribution is 8.26. The summed E-state index contributed by atoms with van der Waals surface area (Å²) in [4.78, 5) is 37.0. The van der Waals surface area contributed by atoms with Gasteiger partial charge in [-0.05, 0) is 61.1 Å². The topological polar surface area (TPSA) is 106 Å². The molecule has 9 nitrogen and oxygen atoms in total. The number of thioether (sulfide) groups is 1. The first-order chi connectivity index (χ1) is 17.1. The molecule has 3 rings (SSSR count). The molecule has 0 bridgehead atoms. The molecule has 0 saturated carbocycles. The van der Waals surface area contributed by atoms with Gasteiger partial charge in [-0.3, -0.25) is 4.79 Å². The van der Waals surface area contributed by atoms with Crippen LogP contribution in [-0.2, 0) is 14.3 Å². The summed E-state index contributed by atoms with van der Waals surface area (Å²) in [7, 11) is 1.24. The normalized spacial score (nSPS) is 14.1. The molecule has 0 radical (unpaired) electrons. The molecule has 0 atom stereocenters. The summed E-state index contributed by atoms with van der Waals surface area (Å²) in [5.74, 6) is -0.699. The minimum atomic E-state index is -0.709. The van der Waals surface area contributed by atoms with Gasteiger partial charge in [0.05, 0.1) is 33.7 Å². The largest absolute Gasteiger partial charge is 0.490 e. The van der Waals surface area contributed by atoms with Crippen molar-refractivity contribution in [2.24, 2.45) is 0 Å². The number of nitrogens with zero attached hydrogens (tertiary/aromatic N) is 1. The number of thiocarbonyl (C=S) groups is 1. The van der Waals surface area contributed by atoms with E-state index in [0.29, 0.717) is 22.9 Å². The highest BCUT2D eigenvalue weighted by atomic mass is 35.5. The second kappa shape index (κ2) is 12.5. The fraction of sp³-hybridized carbons (Fsp3) is 0.182. The van der Waals surface area contributed by atoms with Gasteiger partial charge in [0.1, 0.15) is 0 Å². The van der Waals surface area contributed by atoms with Crippen molar-refractivity contribution in [1.82, 2.24) is 10.4 Å². The van der Waals surface area contributed by atoms with Crippen LogP contribution in [0.4, 0.5) is 10.5 Å². The lowest BCUT2D eigenvalue weighted by atomic mass is 10.2.